The average molecular weight is 286 g/mol. The molecule has 0 radical (unpaired) electrons. The smallest absolute Gasteiger partial charge is 0.247 e. The lowest BCUT2D eigenvalue weighted by Gasteiger charge is -2.33. The van der Waals surface area contributed by atoms with E-state index in [9.17, 15) is 0 Å². The average Bonchev–Trinajstić information content (AvgIpc) is 2.97. The molecule has 2 aromatic rings. The molecule has 1 aromatic carbocycles. The second-order valence-corrected chi connectivity index (χ2v) is 5.58. The highest BCUT2D eigenvalue weighted by Crippen LogP contribution is 2.19. The summed E-state index contributed by atoms with van der Waals surface area (Å²) >= 11 is 0. The zero-order valence-electron chi connectivity index (χ0n) is 12.7. The molecule has 0 aliphatic carbocycles. The van der Waals surface area contributed by atoms with Gasteiger partial charge in [0.15, 0.2) is 0 Å². The van der Waals surface area contributed by atoms with Crippen molar-refractivity contribution in [1.29, 1.82) is 0 Å². The van der Waals surface area contributed by atoms with Crippen LogP contribution in [0.15, 0.2) is 28.7 Å². The maximum atomic E-state index is 5.80. The zero-order valence-corrected chi connectivity index (χ0v) is 12.7. The Hall–Kier alpha value is -1.72. The first-order chi connectivity index (χ1) is 10.2. The van der Waals surface area contributed by atoms with Crippen molar-refractivity contribution < 1.29 is 4.42 Å². The molecule has 1 saturated heterocycles. The summed E-state index contributed by atoms with van der Waals surface area (Å²) in [6.07, 6.45) is 0. The molecule has 0 unspecified atom stereocenters. The van der Waals surface area contributed by atoms with Gasteiger partial charge >= 0.3 is 0 Å². The molecule has 0 bridgehead atoms. The Morgan fingerprint density at radius 1 is 1.10 bits per heavy atom. The molecule has 112 valence electrons. The summed E-state index contributed by atoms with van der Waals surface area (Å²) in [5, 5.41) is 8.35. The van der Waals surface area contributed by atoms with Gasteiger partial charge in [-0.3, -0.25) is 4.90 Å². The van der Waals surface area contributed by atoms with Crippen molar-refractivity contribution in [2.45, 2.75) is 20.4 Å². The minimum Gasteiger partial charge on any atom is -0.419 e. The molecule has 3 rings (SSSR count). The van der Waals surface area contributed by atoms with Crippen LogP contribution >= 0.6 is 0 Å². The van der Waals surface area contributed by atoms with E-state index in [2.05, 4.69) is 46.0 Å². The number of hydrogen-bond acceptors (Lipinski definition) is 5. The Morgan fingerprint density at radius 3 is 2.57 bits per heavy atom. The lowest BCUT2D eigenvalue weighted by Crippen LogP contribution is -2.45. The molecule has 0 N–H and O–H groups in total. The fourth-order valence-electron chi connectivity index (χ4n) is 2.67. The third kappa shape index (κ3) is 3.49. The van der Waals surface area contributed by atoms with Crippen LogP contribution in [0.4, 0.5) is 0 Å². The first kappa shape index (κ1) is 14.2. The third-order valence-corrected chi connectivity index (χ3v) is 4.00. The Labute approximate surface area is 125 Å². The van der Waals surface area contributed by atoms with Crippen molar-refractivity contribution in [3.05, 3.63) is 35.7 Å². The van der Waals surface area contributed by atoms with Gasteiger partial charge in [-0.1, -0.05) is 24.6 Å². The van der Waals surface area contributed by atoms with Crippen molar-refractivity contribution in [3.63, 3.8) is 0 Å². The van der Waals surface area contributed by atoms with E-state index in [4.69, 9.17) is 4.42 Å². The molecule has 1 fully saturated rings. The van der Waals surface area contributed by atoms with Crippen LogP contribution in [-0.4, -0.2) is 52.7 Å². The van der Waals surface area contributed by atoms with E-state index in [1.165, 1.54) is 5.56 Å². The van der Waals surface area contributed by atoms with Gasteiger partial charge in [-0.25, -0.2) is 0 Å². The minimum atomic E-state index is 0.612. The number of nitrogens with zero attached hydrogens (tertiary/aromatic N) is 4. The Balaban J connectivity index is 1.63. The van der Waals surface area contributed by atoms with Gasteiger partial charge in [-0.05, 0) is 25.6 Å². The molecule has 1 aromatic heterocycles. The first-order valence-corrected chi connectivity index (χ1v) is 7.58. The normalized spacial score (nSPS) is 17.2. The van der Waals surface area contributed by atoms with E-state index < -0.39 is 0 Å². The van der Waals surface area contributed by atoms with Crippen molar-refractivity contribution in [2.75, 3.05) is 32.7 Å². The maximum Gasteiger partial charge on any atom is 0.247 e. The molecule has 21 heavy (non-hydrogen) atoms. The van der Waals surface area contributed by atoms with Crippen LogP contribution in [0.2, 0.25) is 0 Å². The second-order valence-electron chi connectivity index (χ2n) is 5.58. The van der Waals surface area contributed by atoms with Crippen LogP contribution in [0.5, 0.6) is 0 Å². The van der Waals surface area contributed by atoms with E-state index in [0.717, 1.165) is 44.8 Å². The second kappa shape index (κ2) is 6.37. The summed E-state index contributed by atoms with van der Waals surface area (Å²) in [6.45, 7) is 10.5. The van der Waals surface area contributed by atoms with Crippen molar-refractivity contribution in [2.24, 2.45) is 0 Å². The molecular weight excluding hydrogens is 264 g/mol. The number of aromatic nitrogens is 2. The van der Waals surface area contributed by atoms with Gasteiger partial charge < -0.3 is 9.32 Å². The molecule has 5 heteroatoms. The van der Waals surface area contributed by atoms with Gasteiger partial charge in [-0.2, -0.15) is 0 Å². The van der Waals surface area contributed by atoms with Crippen LogP contribution in [0.3, 0.4) is 0 Å². The fourth-order valence-corrected chi connectivity index (χ4v) is 2.67. The monoisotopic (exact) mass is 286 g/mol. The molecule has 0 saturated carbocycles. The zero-order chi connectivity index (χ0) is 14.7. The largest absolute Gasteiger partial charge is 0.419 e. The number of benzene rings is 1. The number of rotatable bonds is 4. The SMILES string of the molecule is CCN1CCN(Cc2nnc(-c3cccc(C)c3)o2)CC1. The summed E-state index contributed by atoms with van der Waals surface area (Å²) in [7, 11) is 0. The predicted octanol–water partition coefficient (Wildman–Crippen LogP) is 2.18. The molecule has 2 heterocycles. The van der Waals surface area contributed by atoms with Crippen molar-refractivity contribution in [1.82, 2.24) is 20.0 Å². The van der Waals surface area contributed by atoms with E-state index in [-0.39, 0.29) is 0 Å². The van der Waals surface area contributed by atoms with Crippen LogP contribution in [0.25, 0.3) is 11.5 Å². The van der Waals surface area contributed by atoms with E-state index >= 15 is 0 Å². The summed E-state index contributed by atoms with van der Waals surface area (Å²) < 4.78 is 5.80. The number of likely N-dealkylation sites (N-methyl/N-ethyl adjacent to an activating group) is 1. The molecule has 5 nitrogen and oxygen atoms in total. The molecule has 1 aliphatic heterocycles. The van der Waals surface area contributed by atoms with Gasteiger partial charge in [0.05, 0.1) is 6.54 Å². The number of piperazine rings is 1. The van der Waals surface area contributed by atoms with E-state index in [0.29, 0.717) is 11.8 Å². The lowest BCUT2D eigenvalue weighted by atomic mass is 10.1. The van der Waals surface area contributed by atoms with Gasteiger partial charge in [0.25, 0.3) is 0 Å². The van der Waals surface area contributed by atoms with Crippen molar-refractivity contribution in [3.8, 4) is 11.5 Å². The summed E-state index contributed by atoms with van der Waals surface area (Å²) in [4.78, 5) is 4.84. The van der Waals surface area contributed by atoms with Gasteiger partial charge in [0.1, 0.15) is 0 Å². The summed E-state index contributed by atoms with van der Waals surface area (Å²) in [5.74, 6) is 1.32. The molecule has 0 atom stereocenters. The van der Waals surface area contributed by atoms with Crippen LogP contribution in [-0.2, 0) is 6.54 Å². The Morgan fingerprint density at radius 2 is 1.86 bits per heavy atom. The van der Waals surface area contributed by atoms with E-state index in [1.807, 2.05) is 12.1 Å². The van der Waals surface area contributed by atoms with Crippen molar-refractivity contribution >= 4 is 0 Å². The highest BCUT2D eigenvalue weighted by Gasteiger charge is 2.18. The molecule has 1 aliphatic rings. The minimum absolute atomic E-state index is 0.612. The Kier molecular flexibility index (Phi) is 4.31. The highest BCUT2D eigenvalue weighted by molar-refractivity contribution is 5.53. The number of aryl methyl sites for hydroxylation is 1. The lowest BCUT2D eigenvalue weighted by molar-refractivity contribution is 0.124. The molecule has 0 spiro atoms. The van der Waals surface area contributed by atoms with Gasteiger partial charge in [-0.15, -0.1) is 10.2 Å². The molecule has 0 amide bonds. The quantitative estimate of drug-likeness (QED) is 0.862. The van der Waals surface area contributed by atoms with Gasteiger partial charge in [0, 0.05) is 31.7 Å². The van der Waals surface area contributed by atoms with E-state index in [1.54, 1.807) is 0 Å². The highest BCUT2D eigenvalue weighted by atomic mass is 16.4. The summed E-state index contributed by atoms with van der Waals surface area (Å²) in [6, 6.07) is 8.15. The first-order valence-electron chi connectivity index (χ1n) is 7.58. The summed E-state index contributed by atoms with van der Waals surface area (Å²) in [5.41, 5.74) is 2.19. The van der Waals surface area contributed by atoms with Crippen LogP contribution < -0.4 is 0 Å². The maximum absolute atomic E-state index is 5.80. The predicted molar refractivity (Wildman–Crippen MR) is 81.9 cm³/mol. The number of hydrogen-bond donors (Lipinski definition) is 0. The van der Waals surface area contributed by atoms with Crippen LogP contribution in [0.1, 0.15) is 18.4 Å². The van der Waals surface area contributed by atoms with Crippen LogP contribution in [0, 0.1) is 6.92 Å². The van der Waals surface area contributed by atoms with Gasteiger partial charge in [0.2, 0.25) is 11.8 Å². The topological polar surface area (TPSA) is 45.4 Å². The Bertz CT molecular complexity index is 587. The third-order valence-electron chi connectivity index (χ3n) is 4.00. The molecular formula is C16H22N4O. The fraction of sp³-hybridized carbons (Fsp3) is 0.500. The standard InChI is InChI=1S/C16H22N4O/c1-3-19-7-9-20(10-8-19)12-15-17-18-16(21-15)14-6-4-5-13(2)11-14/h4-6,11H,3,7-10,12H2,1-2H3.